The van der Waals surface area contributed by atoms with Crippen LogP contribution in [0.2, 0.25) is 0 Å². The number of carbonyl (C=O) groups is 2. The van der Waals surface area contributed by atoms with Gasteiger partial charge in [0.1, 0.15) is 0 Å². The Hall–Kier alpha value is -2.29. The van der Waals surface area contributed by atoms with E-state index in [1.165, 1.54) is 35.5 Å². The van der Waals surface area contributed by atoms with Gasteiger partial charge in [-0.15, -0.1) is 0 Å². The van der Waals surface area contributed by atoms with E-state index in [9.17, 15) is 18.0 Å². The molecule has 2 aromatic rings. The van der Waals surface area contributed by atoms with E-state index in [0.717, 1.165) is 17.0 Å². The van der Waals surface area contributed by atoms with Gasteiger partial charge in [0.05, 0.1) is 11.4 Å². The Labute approximate surface area is 172 Å². The predicted molar refractivity (Wildman–Crippen MR) is 111 cm³/mol. The lowest BCUT2D eigenvalue weighted by Crippen LogP contribution is -2.49. The average molecular weight is 418 g/mol. The molecule has 8 heteroatoms. The normalized spacial score (nSPS) is 16.1. The first-order chi connectivity index (χ1) is 13.6. The van der Waals surface area contributed by atoms with Crippen molar-refractivity contribution in [3.8, 4) is 0 Å². The number of hydrogen-bond acceptors (Lipinski definition) is 5. The molecule has 0 atom stereocenters. The largest absolute Gasteiger partial charge is 0.351 e. The van der Waals surface area contributed by atoms with E-state index in [0.29, 0.717) is 31.7 Å². The van der Waals surface area contributed by atoms with Crippen LogP contribution < -0.4 is 0 Å². The first kappa shape index (κ1) is 21.4. The van der Waals surface area contributed by atoms with Crippen LogP contribution in [0, 0.1) is 13.8 Å². The Bertz CT molecular complexity index is 1030. The lowest BCUT2D eigenvalue weighted by atomic mass is 10.1. The van der Waals surface area contributed by atoms with Crippen molar-refractivity contribution in [3.05, 3.63) is 52.8 Å². The van der Waals surface area contributed by atoms with Crippen LogP contribution in [-0.4, -0.2) is 66.5 Å². The van der Waals surface area contributed by atoms with Crippen LogP contribution in [0.15, 0.2) is 35.2 Å². The number of ketones is 2. The van der Waals surface area contributed by atoms with Gasteiger partial charge in [-0.3, -0.25) is 14.5 Å². The molecule has 156 valence electrons. The standard InChI is InChI=1S/C21H27N3O4S/c1-15-13-20(16(2)22(15)4)21(26)14-23-9-11-24(12-10-23)29(27,28)19-7-5-18(6-8-19)17(3)25/h5-8,13H,9-12,14H2,1-4H3. The summed E-state index contributed by atoms with van der Waals surface area (Å²) in [4.78, 5) is 26.2. The number of sulfonamides is 1. The number of aromatic nitrogens is 1. The second kappa shape index (κ2) is 8.22. The fourth-order valence-electron chi connectivity index (χ4n) is 3.56. The van der Waals surface area contributed by atoms with Gasteiger partial charge in [-0.05, 0) is 39.0 Å². The van der Waals surface area contributed by atoms with Gasteiger partial charge >= 0.3 is 0 Å². The maximum Gasteiger partial charge on any atom is 0.243 e. The fourth-order valence-corrected chi connectivity index (χ4v) is 4.99. The minimum atomic E-state index is -3.61. The molecule has 1 fully saturated rings. The number of Topliss-reactive ketones (excluding diaryl/α,β-unsaturated/α-hetero) is 2. The van der Waals surface area contributed by atoms with Crippen molar-refractivity contribution in [2.45, 2.75) is 25.7 Å². The molecule has 2 heterocycles. The van der Waals surface area contributed by atoms with Gasteiger partial charge in [0.15, 0.2) is 11.6 Å². The highest BCUT2D eigenvalue weighted by Crippen LogP contribution is 2.19. The number of aryl methyl sites for hydroxylation is 1. The van der Waals surface area contributed by atoms with Gasteiger partial charge in [0.2, 0.25) is 10.0 Å². The van der Waals surface area contributed by atoms with E-state index in [1.807, 2.05) is 36.4 Å². The van der Waals surface area contributed by atoms with E-state index >= 15 is 0 Å². The zero-order valence-electron chi connectivity index (χ0n) is 17.3. The molecule has 1 aromatic carbocycles. The van der Waals surface area contributed by atoms with Crippen LogP contribution in [0.4, 0.5) is 0 Å². The zero-order valence-corrected chi connectivity index (χ0v) is 18.1. The number of nitrogens with zero attached hydrogens (tertiary/aromatic N) is 3. The van der Waals surface area contributed by atoms with E-state index in [4.69, 9.17) is 0 Å². The number of hydrogen-bond donors (Lipinski definition) is 0. The summed E-state index contributed by atoms with van der Waals surface area (Å²) in [7, 11) is -1.67. The SMILES string of the molecule is CC(=O)c1ccc(S(=O)(=O)N2CCN(CC(=O)c3cc(C)n(C)c3C)CC2)cc1. The molecule has 0 bridgehead atoms. The molecule has 0 radical (unpaired) electrons. The molecule has 0 N–H and O–H groups in total. The summed E-state index contributed by atoms with van der Waals surface area (Å²) in [6.45, 7) is 7.29. The first-order valence-corrected chi connectivity index (χ1v) is 11.0. The van der Waals surface area contributed by atoms with Gasteiger partial charge in [0, 0.05) is 55.7 Å². The predicted octanol–water partition coefficient (Wildman–Crippen LogP) is 2.03. The van der Waals surface area contributed by atoms with Crippen LogP contribution >= 0.6 is 0 Å². The summed E-state index contributed by atoms with van der Waals surface area (Å²) in [6, 6.07) is 7.93. The van der Waals surface area contributed by atoms with E-state index in [2.05, 4.69) is 0 Å². The summed E-state index contributed by atoms with van der Waals surface area (Å²) in [5.74, 6) is -0.0431. The monoisotopic (exact) mass is 417 g/mol. The third-order valence-corrected chi connectivity index (χ3v) is 7.59. The number of rotatable bonds is 6. The summed E-state index contributed by atoms with van der Waals surface area (Å²) < 4.78 is 29.1. The number of benzene rings is 1. The molecule has 1 aromatic heterocycles. The summed E-state index contributed by atoms with van der Waals surface area (Å²) >= 11 is 0. The van der Waals surface area contributed by atoms with Crippen LogP contribution in [0.3, 0.4) is 0 Å². The molecule has 1 aliphatic rings. The lowest BCUT2D eigenvalue weighted by Gasteiger charge is -2.33. The smallest absolute Gasteiger partial charge is 0.243 e. The quantitative estimate of drug-likeness (QED) is 0.672. The van der Waals surface area contributed by atoms with Crippen molar-refractivity contribution in [3.63, 3.8) is 0 Å². The third-order valence-electron chi connectivity index (χ3n) is 5.67. The number of piperazine rings is 1. The van der Waals surface area contributed by atoms with Gasteiger partial charge in [-0.25, -0.2) is 8.42 Å². The zero-order chi connectivity index (χ0) is 21.3. The molecule has 0 unspecified atom stereocenters. The maximum atomic E-state index is 12.9. The topological polar surface area (TPSA) is 79.7 Å². The van der Waals surface area contributed by atoms with E-state index < -0.39 is 10.0 Å². The molecule has 1 saturated heterocycles. The van der Waals surface area contributed by atoms with Gasteiger partial charge in [0.25, 0.3) is 0 Å². The average Bonchev–Trinajstić information content (AvgIpc) is 2.96. The first-order valence-electron chi connectivity index (χ1n) is 9.61. The highest BCUT2D eigenvalue weighted by molar-refractivity contribution is 7.89. The molecular weight excluding hydrogens is 390 g/mol. The summed E-state index contributed by atoms with van der Waals surface area (Å²) in [5.41, 5.74) is 3.20. The van der Waals surface area contributed by atoms with Crippen LogP contribution in [0.5, 0.6) is 0 Å². The lowest BCUT2D eigenvalue weighted by molar-refractivity contribution is 0.0900. The fraction of sp³-hybridized carbons (Fsp3) is 0.429. The molecule has 7 nitrogen and oxygen atoms in total. The second-order valence-electron chi connectivity index (χ2n) is 7.53. The van der Waals surface area contributed by atoms with Gasteiger partial charge < -0.3 is 4.57 Å². The van der Waals surface area contributed by atoms with E-state index in [-0.39, 0.29) is 23.0 Å². The molecular formula is C21H27N3O4S. The van der Waals surface area contributed by atoms with Crippen LogP contribution in [-0.2, 0) is 17.1 Å². The molecule has 0 aliphatic carbocycles. The van der Waals surface area contributed by atoms with Crippen molar-refractivity contribution in [2.75, 3.05) is 32.7 Å². The summed E-state index contributed by atoms with van der Waals surface area (Å²) in [6.07, 6.45) is 0. The van der Waals surface area contributed by atoms with Crippen molar-refractivity contribution in [1.82, 2.24) is 13.8 Å². The maximum absolute atomic E-state index is 12.9. The Morgan fingerprint density at radius 1 is 1.00 bits per heavy atom. The third kappa shape index (κ3) is 4.34. The molecule has 29 heavy (non-hydrogen) atoms. The van der Waals surface area contributed by atoms with Crippen molar-refractivity contribution in [2.24, 2.45) is 7.05 Å². The minimum Gasteiger partial charge on any atom is -0.351 e. The Morgan fingerprint density at radius 2 is 1.59 bits per heavy atom. The molecule has 1 aliphatic heterocycles. The van der Waals surface area contributed by atoms with Crippen LogP contribution in [0.25, 0.3) is 0 Å². The Morgan fingerprint density at radius 3 is 2.07 bits per heavy atom. The highest BCUT2D eigenvalue weighted by Gasteiger charge is 2.29. The molecule has 0 amide bonds. The highest BCUT2D eigenvalue weighted by atomic mass is 32.2. The summed E-state index contributed by atoms with van der Waals surface area (Å²) in [5, 5.41) is 0. The molecule has 0 saturated carbocycles. The van der Waals surface area contributed by atoms with E-state index in [1.54, 1.807) is 0 Å². The minimum absolute atomic E-state index is 0.0577. The molecule has 3 rings (SSSR count). The van der Waals surface area contributed by atoms with Crippen molar-refractivity contribution in [1.29, 1.82) is 0 Å². The Balaban J connectivity index is 1.63. The molecule has 0 spiro atoms. The number of carbonyl (C=O) groups excluding carboxylic acids is 2. The van der Waals surface area contributed by atoms with Crippen LogP contribution in [0.1, 0.15) is 39.0 Å². The van der Waals surface area contributed by atoms with Gasteiger partial charge in [-0.2, -0.15) is 4.31 Å². The van der Waals surface area contributed by atoms with Crippen molar-refractivity contribution < 1.29 is 18.0 Å². The second-order valence-corrected chi connectivity index (χ2v) is 9.47. The van der Waals surface area contributed by atoms with Gasteiger partial charge in [-0.1, -0.05) is 12.1 Å². The Kier molecular flexibility index (Phi) is 6.07. The van der Waals surface area contributed by atoms with Crippen molar-refractivity contribution >= 4 is 21.6 Å².